The Kier molecular flexibility index (Phi) is 4.56. The smallest absolute Gasteiger partial charge is 0.0948 e. The molecule has 0 saturated carbocycles. The summed E-state index contributed by atoms with van der Waals surface area (Å²) in [5.41, 5.74) is 2.29. The third-order valence-electron chi connectivity index (χ3n) is 3.16. The van der Waals surface area contributed by atoms with Gasteiger partial charge in [0.2, 0.25) is 0 Å². The van der Waals surface area contributed by atoms with E-state index < -0.39 is 0 Å². The molecule has 0 bridgehead atoms. The van der Waals surface area contributed by atoms with Crippen LogP contribution < -0.4 is 0 Å². The Morgan fingerprint density at radius 1 is 0.950 bits per heavy atom. The first-order valence-corrected chi connectivity index (χ1v) is 6.98. The molecule has 0 unspecified atom stereocenters. The van der Waals surface area contributed by atoms with Crippen molar-refractivity contribution in [3.8, 4) is 11.4 Å². The zero-order chi connectivity index (χ0) is 14.5. The van der Waals surface area contributed by atoms with Gasteiger partial charge in [-0.3, -0.25) is 4.98 Å². The number of aromatic nitrogens is 4. The second-order valence-corrected chi connectivity index (χ2v) is 5.33. The highest BCUT2D eigenvalue weighted by Gasteiger charge is 2.07. The summed E-state index contributed by atoms with van der Waals surface area (Å²) >= 11 is 0. The molecular weight excluding hydrogens is 248 g/mol. The monoisotopic (exact) mass is 270 g/mol. The molecular formula is C16H22N4. The average molecular weight is 270 g/mol. The van der Waals surface area contributed by atoms with E-state index in [4.69, 9.17) is 0 Å². The lowest BCUT2D eigenvalue weighted by Gasteiger charge is -2.14. The number of hydrogen-bond acceptors (Lipinski definition) is 2. The molecule has 0 spiro atoms. The lowest BCUT2D eigenvalue weighted by Crippen LogP contribution is -2.03. The molecule has 0 amide bonds. The highest BCUT2D eigenvalue weighted by atomic mass is 15.0. The third kappa shape index (κ3) is 3.26. The van der Waals surface area contributed by atoms with Crippen molar-refractivity contribution in [3.05, 3.63) is 49.3 Å². The molecule has 0 fully saturated rings. The SMILES string of the molecule is CC(C)n1cccc2nccc1-2.CC(C)n1ccnc1. The topological polar surface area (TPSA) is 35.6 Å². The van der Waals surface area contributed by atoms with Gasteiger partial charge >= 0.3 is 0 Å². The largest absolute Gasteiger partial charge is 0.344 e. The summed E-state index contributed by atoms with van der Waals surface area (Å²) in [6.45, 7) is 8.60. The van der Waals surface area contributed by atoms with E-state index in [0.29, 0.717) is 12.1 Å². The molecule has 4 nitrogen and oxygen atoms in total. The molecule has 2 aliphatic rings. The Balaban J connectivity index is 0.000000160. The molecule has 4 heteroatoms. The summed E-state index contributed by atoms with van der Waals surface area (Å²) in [6.07, 6.45) is 9.52. The molecule has 0 saturated heterocycles. The van der Waals surface area contributed by atoms with Crippen molar-refractivity contribution in [2.75, 3.05) is 0 Å². The van der Waals surface area contributed by atoms with Crippen LogP contribution in [-0.2, 0) is 0 Å². The minimum atomic E-state index is 0.498. The van der Waals surface area contributed by atoms with Gasteiger partial charge in [-0.05, 0) is 45.9 Å². The quantitative estimate of drug-likeness (QED) is 0.704. The Morgan fingerprint density at radius 3 is 2.30 bits per heavy atom. The van der Waals surface area contributed by atoms with E-state index in [2.05, 4.69) is 59.1 Å². The highest BCUT2D eigenvalue weighted by molar-refractivity contribution is 5.56. The van der Waals surface area contributed by atoms with E-state index in [1.165, 1.54) is 5.69 Å². The van der Waals surface area contributed by atoms with Crippen LogP contribution in [-0.4, -0.2) is 19.1 Å². The van der Waals surface area contributed by atoms with Crippen molar-refractivity contribution < 1.29 is 0 Å². The van der Waals surface area contributed by atoms with Gasteiger partial charge < -0.3 is 9.13 Å². The second-order valence-electron chi connectivity index (χ2n) is 5.33. The molecule has 3 rings (SSSR count). The first-order valence-electron chi connectivity index (χ1n) is 6.98. The van der Waals surface area contributed by atoms with Gasteiger partial charge in [0.1, 0.15) is 0 Å². The lowest BCUT2D eigenvalue weighted by atomic mass is 10.2. The highest BCUT2D eigenvalue weighted by Crippen LogP contribution is 2.22. The van der Waals surface area contributed by atoms with Gasteiger partial charge in [-0.15, -0.1) is 0 Å². The second kappa shape index (κ2) is 6.37. The Hall–Kier alpha value is -2.10. The number of pyridine rings is 1. The average Bonchev–Trinajstić information content (AvgIpc) is 3.10. The van der Waals surface area contributed by atoms with Crippen molar-refractivity contribution >= 4 is 0 Å². The maximum atomic E-state index is 4.24. The molecule has 1 aromatic heterocycles. The van der Waals surface area contributed by atoms with Gasteiger partial charge in [-0.1, -0.05) is 0 Å². The number of hydrogen-bond donors (Lipinski definition) is 0. The van der Waals surface area contributed by atoms with Crippen LogP contribution in [0.4, 0.5) is 0 Å². The molecule has 20 heavy (non-hydrogen) atoms. The van der Waals surface area contributed by atoms with Crippen LogP contribution in [0.3, 0.4) is 0 Å². The maximum absolute atomic E-state index is 4.24. The number of imidazole rings is 1. The normalized spacial score (nSPS) is 10.9. The van der Waals surface area contributed by atoms with E-state index in [1.807, 2.05) is 30.9 Å². The summed E-state index contributed by atoms with van der Waals surface area (Å²) in [5.74, 6) is 0. The lowest BCUT2D eigenvalue weighted by molar-refractivity contribution is 0.600. The molecule has 106 valence electrons. The van der Waals surface area contributed by atoms with Crippen molar-refractivity contribution in [3.63, 3.8) is 0 Å². The number of nitrogens with zero attached hydrogens (tertiary/aromatic N) is 4. The van der Waals surface area contributed by atoms with Crippen LogP contribution in [0.2, 0.25) is 0 Å². The fourth-order valence-electron chi connectivity index (χ4n) is 2.02. The fraction of sp³-hybridized carbons (Fsp3) is 0.375. The number of fused-ring (bicyclic) bond motifs is 1. The van der Waals surface area contributed by atoms with Gasteiger partial charge in [-0.2, -0.15) is 0 Å². The minimum absolute atomic E-state index is 0.498. The fourth-order valence-corrected chi connectivity index (χ4v) is 2.02. The summed E-state index contributed by atoms with van der Waals surface area (Å²) in [5, 5.41) is 0. The van der Waals surface area contributed by atoms with Gasteiger partial charge in [-0.25, -0.2) is 4.98 Å². The molecule has 0 atom stereocenters. The van der Waals surface area contributed by atoms with Crippen molar-refractivity contribution in [1.29, 1.82) is 0 Å². The Bertz CT molecular complexity index is 593. The van der Waals surface area contributed by atoms with E-state index in [1.54, 1.807) is 6.20 Å². The predicted octanol–water partition coefficient (Wildman–Crippen LogP) is 4.03. The molecule has 2 aliphatic heterocycles. The summed E-state index contributed by atoms with van der Waals surface area (Å²) in [7, 11) is 0. The summed E-state index contributed by atoms with van der Waals surface area (Å²) in [6, 6.07) is 7.16. The van der Waals surface area contributed by atoms with Gasteiger partial charge in [0, 0.05) is 36.9 Å². The predicted molar refractivity (Wildman–Crippen MR) is 81.8 cm³/mol. The van der Waals surface area contributed by atoms with Crippen molar-refractivity contribution in [2.45, 2.75) is 39.8 Å². The van der Waals surface area contributed by atoms with E-state index in [-0.39, 0.29) is 0 Å². The first kappa shape index (κ1) is 14.3. The van der Waals surface area contributed by atoms with Crippen molar-refractivity contribution in [1.82, 2.24) is 19.1 Å². The Morgan fingerprint density at radius 2 is 1.75 bits per heavy atom. The van der Waals surface area contributed by atoms with Gasteiger partial charge in [0.05, 0.1) is 17.7 Å². The van der Waals surface area contributed by atoms with Crippen LogP contribution in [0.5, 0.6) is 0 Å². The van der Waals surface area contributed by atoms with Gasteiger partial charge in [0.25, 0.3) is 0 Å². The molecule has 0 aliphatic carbocycles. The van der Waals surface area contributed by atoms with Crippen LogP contribution in [0.25, 0.3) is 11.4 Å². The first-order chi connectivity index (χ1) is 9.59. The zero-order valence-electron chi connectivity index (χ0n) is 12.6. The minimum Gasteiger partial charge on any atom is -0.344 e. The molecule has 3 heterocycles. The third-order valence-corrected chi connectivity index (χ3v) is 3.16. The molecule has 0 N–H and O–H groups in total. The van der Waals surface area contributed by atoms with Gasteiger partial charge in [0.15, 0.2) is 0 Å². The molecule has 0 radical (unpaired) electrons. The van der Waals surface area contributed by atoms with Crippen molar-refractivity contribution in [2.24, 2.45) is 0 Å². The summed E-state index contributed by atoms with van der Waals surface area (Å²) < 4.78 is 4.28. The molecule has 1 aromatic rings. The van der Waals surface area contributed by atoms with E-state index >= 15 is 0 Å². The van der Waals surface area contributed by atoms with Crippen LogP contribution in [0.15, 0.2) is 49.3 Å². The van der Waals surface area contributed by atoms with Crippen LogP contribution in [0, 0.1) is 0 Å². The summed E-state index contributed by atoms with van der Waals surface area (Å²) in [4.78, 5) is 8.15. The number of rotatable bonds is 2. The maximum Gasteiger partial charge on any atom is 0.0948 e. The zero-order valence-corrected chi connectivity index (χ0v) is 12.6. The van der Waals surface area contributed by atoms with E-state index in [9.17, 15) is 0 Å². The Labute approximate surface area is 120 Å². The molecule has 0 aromatic carbocycles. The standard InChI is InChI=1S/C10H12N2.C6H10N2/c1-8(2)12-7-3-4-9-10(12)5-6-11-9;1-6(2)8-4-3-7-5-8/h3-8H,1-2H3;3-6H,1-2H3. The van der Waals surface area contributed by atoms with E-state index in [0.717, 1.165) is 5.69 Å². The van der Waals surface area contributed by atoms with Crippen LogP contribution >= 0.6 is 0 Å². The van der Waals surface area contributed by atoms with Crippen LogP contribution in [0.1, 0.15) is 39.8 Å².